The Kier molecular flexibility index (Phi) is 7.11. The average molecular weight is 379 g/mol. The first-order chi connectivity index (χ1) is 12.6. The van der Waals surface area contributed by atoms with Gasteiger partial charge in [-0.1, -0.05) is 11.6 Å². The second-order valence-corrected chi connectivity index (χ2v) is 5.43. The van der Waals surface area contributed by atoms with Crippen LogP contribution in [-0.2, 0) is 4.79 Å². The van der Waals surface area contributed by atoms with Gasteiger partial charge in [-0.15, -0.1) is 0 Å². The van der Waals surface area contributed by atoms with Crippen molar-refractivity contribution in [2.45, 2.75) is 0 Å². The van der Waals surface area contributed by atoms with Crippen molar-refractivity contribution in [3.63, 3.8) is 0 Å². The summed E-state index contributed by atoms with van der Waals surface area (Å²) >= 11 is 5.78. The third kappa shape index (κ3) is 5.29. The Hall–Kier alpha value is -2.93. The molecule has 0 atom stereocenters. The summed E-state index contributed by atoms with van der Waals surface area (Å²) in [6.45, 7) is -0.172. The summed E-state index contributed by atoms with van der Waals surface area (Å²) in [5, 5.41) is 4.49. The summed E-state index contributed by atoms with van der Waals surface area (Å²) in [4.78, 5) is 11.8. The van der Waals surface area contributed by atoms with Crippen LogP contribution in [0.3, 0.4) is 0 Å². The summed E-state index contributed by atoms with van der Waals surface area (Å²) in [6, 6.07) is 10.1. The van der Waals surface area contributed by atoms with Gasteiger partial charge in [0.15, 0.2) is 18.1 Å². The maximum absolute atomic E-state index is 11.8. The molecule has 0 aromatic heterocycles. The van der Waals surface area contributed by atoms with Crippen LogP contribution < -0.4 is 24.4 Å². The molecule has 8 heteroatoms. The fraction of sp³-hybridized carbons (Fsp3) is 0.222. The van der Waals surface area contributed by atoms with E-state index in [2.05, 4.69) is 10.5 Å². The van der Waals surface area contributed by atoms with Crippen molar-refractivity contribution in [1.29, 1.82) is 0 Å². The van der Waals surface area contributed by atoms with Gasteiger partial charge in [0.05, 0.1) is 27.5 Å². The fourth-order valence-corrected chi connectivity index (χ4v) is 2.19. The highest BCUT2D eigenvalue weighted by atomic mass is 35.5. The van der Waals surface area contributed by atoms with Crippen LogP contribution in [0, 0.1) is 0 Å². The van der Waals surface area contributed by atoms with Gasteiger partial charge >= 0.3 is 0 Å². The van der Waals surface area contributed by atoms with Crippen LogP contribution in [0.1, 0.15) is 5.56 Å². The minimum absolute atomic E-state index is 0.172. The molecule has 26 heavy (non-hydrogen) atoms. The third-order valence-electron chi connectivity index (χ3n) is 3.27. The Bertz CT molecular complexity index is 753. The van der Waals surface area contributed by atoms with Gasteiger partial charge in [0.1, 0.15) is 5.75 Å². The van der Waals surface area contributed by atoms with E-state index < -0.39 is 5.91 Å². The van der Waals surface area contributed by atoms with Crippen LogP contribution in [0.25, 0.3) is 0 Å². The van der Waals surface area contributed by atoms with E-state index >= 15 is 0 Å². The molecule has 2 aromatic carbocycles. The topological polar surface area (TPSA) is 78.4 Å². The number of halogens is 1. The molecule has 0 radical (unpaired) electrons. The first-order valence-electron chi connectivity index (χ1n) is 7.57. The number of carbonyl (C=O) groups excluding carboxylic acids is 1. The van der Waals surface area contributed by atoms with E-state index in [0.717, 1.165) is 0 Å². The number of hydrogen-bond donors (Lipinski definition) is 1. The lowest BCUT2D eigenvalue weighted by atomic mass is 10.2. The zero-order chi connectivity index (χ0) is 18.9. The first-order valence-corrected chi connectivity index (χ1v) is 7.95. The number of amides is 1. The Labute approximate surface area is 156 Å². The van der Waals surface area contributed by atoms with Crippen molar-refractivity contribution < 1.29 is 23.7 Å². The highest BCUT2D eigenvalue weighted by molar-refractivity contribution is 6.30. The molecule has 1 N–H and O–H groups in total. The zero-order valence-corrected chi connectivity index (χ0v) is 15.4. The molecule has 0 fully saturated rings. The molecule has 0 aliphatic carbocycles. The zero-order valence-electron chi connectivity index (χ0n) is 14.6. The normalized spacial score (nSPS) is 10.5. The summed E-state index contributed by atoms with van der Waals surface area (Å²) in [6.07, 6.45) is 1.46. The van der Waals surface area contributed by atoms with Crippen molar-refractivity contribution in [2.75, 3.05) is 27.9 Å². The van der Waals surface area contributed by atoms with E-state index in [4.69, 9.17) is 30.5 Å². The Morgan fingerprint density at radius 2 is 1.69 bits per heavy atom. The van der Waals surface area contributed by atoms with E-state index in [1.165, 1.54) is 27.5 Å². The van der Waals surface area contributed by atoms with Crippen LogP contribution in [0.15, 0.2) is 41.5 Å². The molecule has 2 aromatic rings. The van der Waals surface area contributed by atoms with Gasteiger partial charge in [0.2, 0.25) is 5.75 Å². The number of benzene rings is 2. The number of hydrogen-bond acceptors (Lipinski definition) is 6. The lowest BCUT2D eigenvalue weighted by Gasteiger charge is -2.12. The minimum Gasteiger partial charge on any atom is -0.493 e. The number of nitrogens with one attached hydrogen (secondary N) is 1. The fourth-order valence-electron chi connectivity index (χ4n) is 2.07. The molecule has 0 unspecified atom stereocenters. The highest BCUT2D eigenvalue weighted by Gasteiger charge is 2.12. The summed E-state index contributed by atoms with van der Waals surface area (Å²) in [5.74, 6) is 1.60. The molecule has 138 valence electrons. The van der Waals surface area contributed by atoms with Crippen LogP contribution >= 0.6 is 11.6 Å². The van der Waals surface area contributed by atoms with Crippen LogP contribution in [0.2, 0.25) is 5.02 Å². The van der Waals surface area contributed by atoms with Crippen molar-refractivity contribution in [1.82, 2.24) is 5.43 Å². The van der Waals surface area contributed by atoms with Crippen molar-refractivity contribution in [3.8, 4) is 23.0 Å². The summed E-state index contributed by atoms with van der Waals surface area (Å²) < 4.78 is 21.1. The molecule has 0 saturated carbocycles. The predicted octanol–water partition coefficient (Wildman–Crippen LogP) is 2.89. The Morgan fingerprint density at radius 1 is 1.08 bits per heavy atom. The smallest absolute Gasteiger partial charge is 0.277 e. The largest absolute Gasteiger partial charge is 0.493 e. The maximum Gasteiger partial charge on any atom is 0.277 e. The third-order valence-corrected chi connectivity index (χ3v) is 3.53. The summed E-state index contributed by atoms with van der Waals surface area (Å²) in [5.41, 5.74) is 3.05. The number of methoxy groups -OCH3 is 3. The van der Waals surface area contributed by atoms with E-state index in [0.29, 0.717) is 33.6 Å². The molecule has 0 aliphatic heterocycles. The Balaban J connectivity index is 1.94. The van der Waals surface area contributed by atoms with Crippen molar-refractivity contribution >= 4 is 23.7 Å². The molecular weight excluding hydrogens is 360 g/mol. The lowest BCUT2D eigenvalue weighted by molar-refractivity contribution is -0.123. The SMILES string of the molecule is COc1cc(/C=N\NC(=O)COc2ccc(Cl)cc2)cc(OC)c1OC. The van der Waals surface area contributed by atoms with Crippen molar-refractivity contribution in [2.24, 2.45) is 5.10 Å². The number of hydrazone groups is 1. The molecular formula is C18H19ClN2O5. The minimum atomic E-state index is -0.399. The molecule has 2 rings (SSSR count). The van der Waals surface area contributed by atoms with E-state index in [1.54, 1.807) is 36.4 Å². The number of carbonyl (C=O) groups is 1. The van der Waals surface area contributed by atoms with Crippen molar-refractivity contribution in [3.05, 3.63) is 47.0 Å². The van der Waals surface area contributed by atoms with Gasteiger partial charge in [-0.2, -0.15) is 5.10 Å². The molecule has 0 aliphatic rings. The van der Waals surface area contributed by atoms with Gasteiger partial charge < -0.3 is 18.9 Å². The second-order valence-electron chi connectivity index (χ2n) is 4.99. The molecule has 7 nitrogen and oxygen atoms in total. The van der Waals surface area contributed by atoms with E-state index in [-0.39, 0.29) is 6.61 Å². The monoisotopic (exact) mass is 378 g/mol. The highest BCUT2D eigenvalue weighted by Crippen LogP contribution is 2.37. The van der Waals surface area contributed by atoms with Gasteiger partial charge in [0.25, 0.3) is 5.91 Å². The summed E-state index contributed by atoms with van der Waals surface area (Å²) in [7, 11) is 4.57. The quantitative estimate of drug-likeness (QED) is 0.564. The number of nitrogens with zero attached hydrogens (tertiary/aromatic N) is 1. The molecule has 0 spiro atoms. The van der Waals surface area contributed by atoms with Crippen LogP contribution in [-0.4, -0.2) is 40.1 Å². The second kappa shape index (κ2) is 9.53. The number of ether oxygens (including phenoxy) is 4. The first kappa shape index (κ1) is 19.4. The van der Waals surface area contributed by atoms with E-state index in [1.807, 2.05) is 0 Å². The van der Waals surface area contributed by atoms with Gasteiger partial charge in [-0.25, -0.2) is 5.43 Å². The van der Waals surface area contributed by atoms with Gasteiger partial charge in [-0.3, -0.25) is 4.79 Å². The number of rotatable bonds is 8. The standard InChI is InChI=1S/C18H19ClN2O5/c1-23-15-8-12(9-16(24-2)18(15)25-3)10-20-21-17(22)11-26-14-6-4-13(19)5-7-14/h4-10H,11H2,1-3H3,(H,21,22)/b20-10-. The molecule has 0 heterocycles. The Morgan fingerprint density at radius 3 is 2.23 bits per heavy atom. The van der Waals surface area contributed by atoms with Gasteiger partial charge in [-0.05, 0) is 36.4 Å². The maximum atomic E-state index is 11.8. The van der Waals surface area contributed by atoms with Crippen LogP contribution in [0.4, 0.5) is 0 Å². The predicted molar refractivity (Wildman–Crippen MR) is 98.8 cm³/mol. The lowest BCUT2D eigenvalue weighted by Crippen LogP contribution is -2.24. The van der Waals surface area contributed by atoms with Gasteiger partial charge in [0, 0.05) is 10.6 Å². The molecule has 1 amide bonds. The molecule has 0 bridgehead atoms. The average Bonchev–Trinajstić information content (AvgIpc) is 2.66. The van der Waals surface area contributed by atoms with Crippen LogP contribution in [0.5, 0.6) is 23.0 Å². The molecule has 0 saturated heterocycles. The van der Waals surface area contributed by atoms with E-state index in [9.17, 15) is 4.79 Å².